The minimum absolute atomic E-state index is 0.218. The van der Waals surface area contributed by atoms with Gasteiger partial charge in [-0.1, -0.05) is 18.2 Å². The number of carbonyl (C=O) groups is 1. The van der Waals surface area contributed by atoms with Gasteiger partial charge in [-0.15, -0.1) is 0 Å². The highest BCUT2D eigenvalue weighted by molar-refractivity contribution is 5.90. The zero-order valence-corrected chi connectivity index (χ0v) is 7.37. The molecule has 0 amide bonds. The Morgan fingerprint density at radius 2 is 2.23 bits per heavy atom. The number of carbonyl (C=O) groups excluding carboxylic acids is 1. The van der Waals surface area contributed by atoms with Gasteiger partial charge < -0.3 is 10.4 Å². The number of β-amino-alcohol motifs (C(OH)–C–C–N with tert-alkyl or cyclic N) is 1. The van der Waals surface area contributed by atoms with Crippen LogP contribution in [-0.2, 0) is 10.4 Å². The van der Waals surface area contributed by atoms with Crippen molar-refractivity contribution in [2.45, 2.75) is 12.5 Å². The highest BCUT2D eigenvalue weighted by Gasteiger charge is 2.40. The zero-order valence-electron chi connectivity index (χ0n) is 7.37. The van der Waals surface area contributed by atoms with E-state index in [-0.39, 0.29) is 12.3 Å². The van der Waals surface area contributed by atoms with Gasteiger partial charge in [-0.25, -0.2) is 0 Å². The van der Waals surface area contributed by atoms with Crippen molar-refractivity contribution >= 4 is 11.5 Å². The Morgan fingerprint density at radius 1 is 1.54 bits per heavy atom. The number of rotatable bonds is 1. The Bertz CT molecular complexity index is 362. The van der Waals surface area contributed by atoms with Gasteiger partial charge in [0.15, 0.2) is 11.4 Å². The van der Waals surface area contributed by atoms with Crippen LogP contribution in [0.15, 0.2) is 24.3 Å². The van der Waals surface area contributed by atoms with E-state index in [1.165, 1.54) is 6.92 Å². The lowest BCUT2D eigenvalue weighted by molar-refractivity contribution is -0.134. The van der Waals surface area contributed by atoms with Gasteiger partial charge in [0, 0.05) is 11.3 Å². The summed E-state index contributed by atoms with van der Waals surface area (Å²) in [5.74, 6) is -0.218. The number of hydrogen-bond donors (Lipinski definition) is 2. The van der Waals surface area contributed by atoms with Crippen LogP contribution < -0.4 is 5.32 Å². The predicted molar refractivity (Wildman–Crippen MR) is 49.5 cm³/mol. The summed E-state index contributed by atoms with van der Waals surface area (Å²) in [6, 6.07) is 7.32. The maximum absolute atomic E-state index is 11.2. The van der Waals surface area contributed by atoms with Crippen molar-refractivity contribution in [3.05, 3.63) is 29.8 Å². The molecule has 1 aromatic carbocycles. The highest BCUT2D eigenvalue weighted by Crippen LogP contribution is 2.34. The van der Waals surface area contributed by atoms with Crippen LogP contribution in [0.25, 0.3) is 0 Å². The molecular weight excluding hydrogens is 166 g/mol. The number of fused-ring (bicyclic) bond motifs is 1. The smallest absolute Gasteiger partial charge is 0.167 e. The molecule has 1 atom stereocenters. The Labute approximate surface area is 76.4 Å². The first-order chi connectivity index (χ1) is 6.14. The third-order valence-corrected chi connectivity index (χ3v) is 2.49. The fourth-order valence-corrected chi connectivity index (χ4v) is 1.63. The molecule has 3 nitrogen and oxygen atoms in total. The monoisotopic (exact) mass is 177 g/mol. The lowest BCUT2D eigenvalue weighted by atomic mass is 9.92. The summed E-state index contributed by atoms with van der Waals surface area (Å²) in [6.45, 7) is 1.69. The number of benzene rings is 1. The molecular formula is C10H11NO2. The number of aliphatic hydroxyl groups is 1. The van der Waals surface area contributed by atoms with Gasteiger partial charge >= 0.3 is 0 Å². The van der Waals surface area contributed by atoms with Crippen LogP contribution in [0.3, 0.4) is 0 Å². The zero-order chi connectivity index (χ0) is 9.47. The maximum Gasteiger partial charge on any atom is 0.167 e. The van der Waals surface area contributed by atoms with E-state index in [9.17, 15) is 9.90 Å². The molecule has 0 saturated heterocycles. The van der Waals surface area contributed by atoms with Crippen molar-refractivity contribution in [1.29, 1.82) is 0 Å². The van der Waals surface area contributed by atoms with Crippen LogP contribution in [0.4, 0.5) is 5.69 Å². The van der Waals surface area contributed by atoms with Crippen molar-refractivity contribution < 1.29 is 9.90 Å². The van der Waals surface area contributed by atoms with E-state index >= 15 is 0 Å². The van der Waals surface area contributed by atoms with E-state index in [2.05, 4.69) is 5.32 Å². The van der Waals surface area contributed by atoms with Crippen LogP contribution in [0.2, 0.25) is 0 Å². The number of nitrogens with one attached hydrogen (secondary N) is 1. The maximum atomic E-state index is 11.2. The standard InChI is InChI=1S/C10H11NO2/c1-7(12)10(13)6-11-9-5-3-2-4-8(9)10/h2-5,11,13H,6H2,1H3. The average Bonchev–Trinajstić information content (AvgIpc) is 2.47. The van der Waals surface area contributed by atoms with Gasteiger partial charge in [0.1, 0.15) is 0 Å². The second kappa shape index (κ2) is 2.57. The van der Waals surface area contributed by atoms with Crippen LogP contribution >= 0.6 is 0 Å². The lowest BCUT2D eigenvalue weighted by Gasteiger charge is -2.18. The number of Topliss-reactive ketones (excluding diaryl/α,β-unsaturated/α-hetero) is 1. The summed E-state index contributed by atoms with van der Waals surface area (Å²) in [7, 11) is 0. The normalized spacial score (nSPS) is 25.1. The van der Waals surface area contributed by atoms with Crippen molar-refractivity contribution in [2.75, 3.05) is 11.9 Å². The Balaban J connectivity index is 2.55. The minimum atomic E-state index is -1.32. The first-order valence-corrected chi connectivity index (χ1v) is 4.21. The lowest BCUT2D eigenvalue weighted by Crippen LogP contribution is -2.35. The van der Waals surface area contributed by atoms with E-state index < -0.39 is 5.60 Å². The molecule has 0 saturated carbocycles. The van der Waals surface area contributed by atoms with E-state index in [1.54, 1.807) is 6.07 Å². The topological polar surface area (TPSA) is 49.3 Å². The second-order valence-electron chi connectivity index (χ2n) is 3.32. The molecule has 13 heavy (non-hydrogen) atoms. The van der Waals surface area contributed by atoms with Crippen molar-refractivity contribution in [2.24, 2.45) is 0 Å². The third-order valence-electron chi connectivity index (χ3n) is 2.49. The van der Waals surface area contributed by atoms with E-state index in [1.807, 2.05) is 18.2 Å². The van der Waals surface area contributed by atoms with Crippen LogP contribution in [0.5, 0.6) is 0 Å². The molecule has 1 aliphatic heterocycles. The van der Waals surface area contributed by atoms with Crippen molar-refractivity contribution in [3.8, 4) is 0 Å². The molecule has 1 aromatic rings. The van der Waals surface area contributed by atoms with E-state index in [0.717, 1.165) is 5.69 Å². The molecule has 0 spiro atoms. The van der Waals surface area contributed by atoms with E-state index in [4.69, 9.17) is 0 Å². The van der Waals surface area contributed by atoms with Gasteiger partial charge in [0.05, 0.1) is 6.54 Å². The van der Waals surface area contributed by atoms with Gasteiger partial charge in [-0.2, -0.15) is 0 Å². The molecule has 0 aromatic heterocycles. The summed E-state index contributed by atoms with van der Waals surface area (Å²) >= 11 is 0. The molecule has 0 bridgehead atoms. The van der Waals surface area contributed by atoms with Crippen LogP contribution in [0.1, 0.15) is 12.5 Å². The van der Waals surface area contributed by atoms with Gasteiger partial charge in [-0.05, 0) is 13.0 Å². The first kappa shape index (κ1) is 8.26. The third kappa shape index (κ3) is 1.04. The summed E-state index contributed by atoms with van der Waals surface area (Å²) in [5.41, 5.74) is 0.207. The number of para-hydroxylation sites is 1. The quantitative estimate of drug-likeness (QED) is 0.669. The molecule has 1 unspecified atom stereocenters. The predicted octanol–water partition coefficient (Wildman–Crippen LogP) is 0.889. The van der Waals surface area contributed by atoms with E-state index in [0.29, 0.717) is 5.56 Å². The van der Waals surface area contributed by atoms with Gasteiger partial charge in [-0.3, -0.25) is 4.79 Å². The summed E-state index contributed by atoms with van der Waals surface area (Å²) < 4.78 is 0. The summed E-state index contributed by atoms with van der Waals surface area (Å²) in [4.78, 5) is 11.2. The molecule has 0 aliphatic carbocycles. The Morgan fingerprint density at radius 3 is 2.92 bits per heavy atom. The summed E-state index contributed by atoms with van der Waals surface area (Å²) in [6.07, 6.45) is 0. The molecule has 3 heteroatoms. The fourth-order valence-electron chi connectivity index (χ4n) is 1.63. The molecule has 68 valence electrons. The number of ketones is 1. The van der Waals surface area contributed by atoms with Crippen molar-refractivity contribution in [1.82, 2.24) is 0 Å². The first-order valence-electron chi connectivity index (χ1n) is 4.21. The van der Waals surface area contributed by atoms with Crippen molar-refractivity contribution in [3.63, 3.8) is 0 Å². The summed E-state index contributed by atoms with van der Waals surface area (Å²) in [5, 5.41) is 13.0. The molecule has 0 fully saturated rings. The number of hydrogen-bond acceptors (Lipinski definition) is 3. The highest BCUT2D eigenvalue weighted by atomic mass is 16.3. The number of anilines is 1. The Kier molecular flexibility index (Phi) is 1.63. The van der Waals surface area contributed by atoms with Gasteiger partial charge in [0.25, 0.3) is 0 Å². The second-order valence-corrected chi connectivity index (χ2v) is 3.32. The SMILES string of the molecule is CC(=O)C1(O)CNc2ccccc21. The molecule has 2 rings (SSSR count). The molecule has 2 N–H and O–H groups in total. The molecule has 1 aliphatic rings. The minimum Gasteiger partial charge on any atom is -0.381 e. The van der Waals surface area contributed by atoms with Crippen LogP contribution in [0, 0.1) is 0 Å². The van der Waals surface area contributed by atoms with Gasteiger partial charge in [0.2, 0.25) is 0 Å². The van der Waals surface area contributed by atoms with Crippen LogP contribution in [-0.4, -0.2) is 17.4 Å². The fraction of sp³-hybridized carbons (Fsp3) is 0.300. The molecule has 1 heterocycles. The largest absolute Gasteiger partial charge is 0.381 e. The molecule has 0 radical (unpaired) electrons. The average molecular weight is 177 g/mol. The Hall–Kier alpha value is -1.35.